The van der Waals surface area contributed by atoms with E-state index in [0.29, 0.717) is 6.04 Å². The van der Waals surface area contributed by atoms with Gasteiger partial charge in [0.1, 0.15) is 6.04 Å². The van der Waals surface area contributed by atoms with Crippen LogP contribution >= 0.6 is 0 Å². The number of nitrogens with two attached hydrogens (primary N) is 1. The van der Waals surface area contributed by atoms with Crippen LogP contribution in [-0.4, -0.2) is 47.1 Å². The third-order valence-corrected chi connectivity index (χ3v) is 9.55. The minimum Gasteiger partial charge on any atom is -0.480 e. The van der Waals surface area contributed by atoms with Gasteiger partial charge >= 0.3 is 5.97 Å². The van der Waals surface area contributed by atoms with Gasteiger partial charge in [-0.2, -0.15) is 0 Å². The van der Waals surface area contributed by atoms with Crippen LogP contribution in [0.4, 0.5) is 0 Å². The molecule has 0 bridgehead atoms. The number of nitrogens with zero attached hydrogens (tertiary/aromatic N) is 2. The second kappa shape index (κ2) is 23.4. The molecule has 2 heterocycles. The van der Waals surface area contributed by atoms with Crippen LogP contribution < -0.4 is 5.73 Å². The van der Waals surface area contributed by atoms with E-state index in [1.165, 1.54) is 94.8 Å². The fraction of sp³-hybridized carbons (Fsp3) is 0.548. The Morgan fingerprint density at radius 2 is 1.02 bits per heavy atom. The predicted molar refractivity (Wildman–Crippen MR) is 199 cm³/mol. The smallest absolute Gasteiger partial charge is 0.325 e. The van der Waals surface area contributed by atoms with E-state index in [-0.39, 0.29) is 6.04 Å². The Morgan fingerprint density at radius 1 is 0.596 bits per heavy atom. The van der Waals surface area contributed by atoms with Crippen molar-refractivity contribution in [2.24, 2.45) is 5.73 Å². The van der Waals surface area contributed by atoms with E-state index in [4.69, 9.17) is 5.73 Å². The Hall–Kier alpha value is -2.99. The Balaban J connectivity index is 0.000000194. The SMILES string of the molecule is CCCCC[C@@H](c1ccccc1)N1CCCCC1.CCCCC[C@H](N)c1ccccc1.O=C(O)[C@@H](c1ccccc1)N1CCCCC1. The summed E-state index contributed by atoms with van der Waals surface area (Å²) in [6.07, 6.45) is 17.9. The molecule has 5 rings (SSSR count). The Labute approximate surface area is 286 Å². The molecule has 2 aliphatic rings. The summed E-state index contributed by atoms with van der Waals surface area (Å²) in [5, 5.41) is 9.34. The molecule has 258 valence electrons. The van der Waals surface area contributed by atoms with Crippen molar-refractivity contribution in [2.45, 2.75) is 122 Å². The number of benzene rings is 3. The van der Waals surface area contributed by atoms with Gasteiger partial charge in [-0.15, -0.1) is 0 Å². The normalized spacial score (nSPS) is 17.3. The fourth-order valence-electron chi connectivity index (χ4n) is 6.86. The van der Waals surface area contributed by atoms with E-state index < -0.39 is 12.0 Å². The van der Waals surface area contributed by atoms with Gasteiger partial charge in [0, 0.05) is 12.1 Å². The second-order valence-electron chi connectivity index (χ2n) is 13.3. The zero-order valence-corrected chi connectivity index (χ0v) is 29.4. The van der Waals surface area contributed by atoms with Crippen LogP contribution in [0.25, 0.3) is 0 Å². The number of hydrogen-bond acceptors (Lipinski definition) is 4. The average Bonchev–Trinajstić information content (AvgIpc) is 3.13. The first-order valence-corrected chi connectivity index (χ1v) is 18.7. The monoisotopic (exact) mass is 641 g/mol. The summed E-state index contributed by atoms with van der Waals surface area (Å²) in [6.45, 7) is 8.89. The number of hydrogen-bond donors (Lipinski definition) is 2. The van der Waals surface area contributed by atoms with Crippen LogP contribution in [0, 0.1) is 0 Å². The lowest BCUT2D eigenvalue weighted by atomic mass is 9.96. The molecule has 0 spiro atoms. The van der Waals surface area contributed by atoms with Crippen molar-refractivity contribution in [2.75, 3.05) is 26.2 Å². The molecule has 2 aliphatic heterocycles. The molecule has 47 heavy (non-hydrogen) atoms. The highest BCUT2D eigenvalue weighted by Gasteiger charge is 2.28. The summed E-state index contributed by atoms with van der Waals surface area (Å²) in [5.74, 6) is -0.742. The first-order chi connectivity index (χ1) is 23.0. The Kier molecular flexibility index (Phi) is 19.1. The molecule has 2 fully saturated rings. The van der Waals surface area contributed by atoms with E-state index >= 15 is 0 Å². The number of piperidine rings is 2. The molecule has 0 aliphatic carbocycles. The van der Waals surface area contributed by atoms with Crippen molar-refractivity contribution in [3.05, 3.63) is 108 Å². The average molecular weight is 642 g/mol. The number of carbonyl (C=O) groups is 1. The number of unbranched alkanes of at least 4 members (excludes halogenated alkanes) is 4. The molecule has 0 aromatic heterocycles. The van der Waals surface area contributed by atoms with E-state index in [1.807, 2.05) is 36.4 Å². The van der Waals surface area contributed by atoms with Crippen LogP contribution in [0.3, 0.4) is 0 Å². The zero-order chi connectivity index (χ0) is 33.5. The van der Waals surface area contributed by atoms with Gasteiger partial charge in [-0.1, -0.05) is 156 Å². The summed E-state index contributed by atoms with van der Waals surface area (Å²) in [6, 6.07) is 31.4. The molecule has 5 nitrogen and oxygen atoms in total. The van der Waals surface area contributed by atoms with E-state index in [1.54, 1.807) is 0 Å². The molecule has 0 unspecified atom stereocenters. The second-order valence-corrected chi connectivity index (χ2v) is 13.3. The van der Waals surface area contributed by atoms with Gasteiger partial charge in [-0.05, 0) is 81.4 Å². The van der Waals surface area contributed by atoms with Crippen molar-refractivity contribution >= 4 is 5.97 Å². The standard InChI is InChI=1S/C17H27N.C13H17NO2.C12H19N/c1-2-3-6-13-17(16-11-7-4-8-12-16)18-14-9-5-10-15-18;15-13(16)12(11-7-3-1-4-8-11)14-9-5-2-6-10-14;1-2-3-5-10-12(13)11-8-6-4-7-9-11/h4,7-8,11-12,17H,2-3,5-6,9-10,13-15H2,1H3;1,3-4,7-8,12H,2,5-6,9-10H2,(H,15,16);4,6-9,12H,2-3,5,10,13H2,1H3/t17-;2*12-/m010/s1. The summed E-state index contributed by atoms with van der Waals surface area (Å²) in [7, 11) is 0. The van der Waals surface area contributed by atoms with Gasteiger partial charge in [0.25, 0.3) is 0 Å². The minimum atomic E-state index is -0.742. The third-order valence-electron chi connectivity index (χ3n) is 9.55. The van der Waals surface area contributed by atoms with E-state index in [9.17, 15) is 9.90 Å². The number of rotatable bonds is 14. The predicted octanol–water partition coefficient (Wildman–Crippen LogP) is 10.4. The van der Waals surface area contributed by atoms with Crippen molar-refractivity contribution in [3.63, 3.8) is 0 Å². The quantitative estimate of drug-likeness (QED) is 0.171. The van der Waals surface area contributed by atoms with Gasteiger partial charge in [0.15, 0.2) is 0 Å². The van der Waals surface area contributed by atoms with Crippen molar-refractivity contribution < 1.29 is 9.90 Å². The first kappa shape index (κ1) is 38.5. The van der Waals surface area contributed by atoms with Gasteiger partial charge in [0.05, 0.1) is 0 Å². The van der Waals surface area contributed by atoms with Crippen molar-refractivity contribution in [3.8, 4) is 0 Å². The maximum absolute atomic E-state index is 11.4. The van der Waals surface area contributed by atoms with Crippen LogP contribution in [-0.2, 0) is 4.79 Å². The lowest BCUT2D eigenvalue weighted by Gasteiger charge is -2.35. The van der Waals surface area contributed by atoms with Crippen molar-refractivity contribution in [1.29, 1.82) is 0 Å². The topological polar surface area (TPSA) is 69.8 Å². The minimum absolute atomic E-state index is 0.229. The van der Waals surface area contributed by atoms with Crippen LogP contribution in [0.2, 0.25) is 0 Å². The molecule has 3 aromatic carbocycles. The number of carboxylic acids is 1. The fourth-order valence-corrected chi connectivity index (χ4v) is 6.86. The molecule has 3 aromatic rings. The molecule has 5 heteroatoms. The van der Waals surface area contributed by atoms with E-state index in [0.717, 1.165) is 37.9 Å². The van der Waals surface area contributed by atoms with Gasteiger partial charge in [-0.25, -0.2) is 0 Å². The Bertz CT molecular complexity index is 1180. The summed E-state index contributed by atoms with van der Waals surface area (Å²) < 4.78 is 0. The van der Waals surface area contributed by atoms with Gasteiger partial charge < -0.3 is 10.8 Å². The molecular weight excluding hydrogens is 578 g/mol. The molecule has 2 saturated heterocycles. The molecule has 3 N–H and O–H groups in total. The third kappa shape index (κ3) is 14.3. The lowest BCUT2D eigenvalue weighted by molar-refractivity contribution is -0.144. The summed E-state index contributed by atoms with van der Waals surface area (Å²) in [4.78, 5) is 16.1. The molecular formula is C42H63N3O2. The van der Waals surface area contributed by atoms with Crippen LogP contribution in [0.15, 0.2) is 91.0 Å². The molecule has 0 radical (unpaired) electrons. The molecule has 3 atom stereocenters. The van der Waals surface area contributed by atoms with Gasteiger partial charge in [-0.3, -0.25) is 14.6 Å². The maximum Gasteiger partial charge on any atom is 0.325 e. The van der Waals surface area contributed by atoms with E-state index in [2.05, 4.69) is 78.2 Å². The number of likely N-dealkylation sites (tertiary alicyclic amines) is 2. The van der Waals surface area contributed by atoms with Crippen LogP contribution in [0.1, 0.15) is 139 Å². The van der Waals surface area contributed by atoms with Gasteiger partial charge in [0.2, 0.25) is 0 Å². The maximum atomic E-state index is 11.4. The van der Waals surface area contributed by atoms with Crippen LogP contribution in [0.5, 0.6) is 0 Å². The summed E-state index contributed by atoms with van der Waals surface area (Å²) >= 11 is 0. The largest absolute Gasteiger partial charge is 0.480 e. The highest BCUT2D eigenvalue weighted by Crippen LogP contribution is 2.29. The first-order valence-electron chi connectivity index (χ1n) is 18.7. The lowest BCUT2D eigenvalue weighted by Crippen LogP contribution is -2.37. The highest BCUT2D eigenvalue weighted by atomic mass is 16.4. The molecule has 0 saturated carbocycles. The highest BCUT2D eigenvalue weighted by molar-refractivity contribution is 5.75. The van der Waals surface area contributed by atoms with Crippen molar-refractivity contribution in [1.82, 2.24) is 9.80 Å². The summed E-state index contributed by atoms with van der Waals surface area (Å²) in [5.41, 5.74) is 9.71. The number of carboxylic acid groups (broad SMARTS) is 1. The molecule has 0 amide bonds. The number of aliphatic carboxylic acids is 1. The zero-order valence-electron chi connectivity index (χ0n) is 29.4. The Morgan fingerprint density at radius 3 is 1.49 bits per heavy atom.